The van der Waals surface area contributed by atoms with E-state index in [9.17, 15) is 5.26 Å². The van der Waals surface area contributed by atoms with Gasteiger partial charge >= 0.3 is 0 Å². The van der Waals surface area contributed by atoms with Crippen molar-refractivity contribution in [3.8, 4) is 6.07 Å². The molecule has 0 radical (unpaired) electrons. The third-order valence-corrected chi connectivity index (χ3v) is 4.06. The van der Waals surface area contributed by atoms with Crippen molar-refractivity contribution in [1.29, 1.82) is 5.26 Å². The number of hydrogen-bond donors (Lipinski definition) is 1. The number of aryl methyl sites for hydroxylation is 1. The van der Waals surface area contributed by atoms with Gasteiger partial charge in [0, 0.05) is 4.47 Å². The van der Waals surface area contributed by atoms with Crippen molar-refractivity contribution in [2.24, 2.45) is 0 Å². The van der Waals surface area contributed by atoms with Gasteiger partial charge in [-0.05, 0) is 42.2 Å². The first kappa shape index (κ1) is 12.3. The van der Waals surface area contributed by atoms with Crippen LogP contribution in [0, 0.1) is 11.3 Å². The van der Waals surface area contributed by atoms with Gasteiger partial charge in [0.05, 0.1) is 17.3 Å². The SMILES string of the molecule is N#Cc1ccc(Br)cc1NC1CCc2ccccc21. The minimum absolute atomic E-state index is 0.303. The predicted octanol–water partition coefficient (Wildman–Crippen LogP) is 4.42. The molecule has 3 heteroatoms. The summed E-state index contributed by atoms with van der Waals surface area (Å²) in [4.78, 5) is 0. The second-order valence-corrected chi connectivity index (χ2v) is 5.65. The van der Waals surface area contributed by atoms with Crippen LogP contribution in [0.5, 0.6) is 0 Å². The first-order valence-electron chi connectivity index (χ1n) is 6.32. The smallest absolute Gasteiger partial charge is 0.101 e. The quantitative estimate of drug-likeness (QED) is 0.891. The fourth-order valence-corrected chi connectivity index (χ4v) is 2.99. The molecule has 0 spiro atoms. The van der Waals surface area contributed by atoms with Crippen molar-refractivity contribution in [1.82, 2.24) is 0 Å². The van der Waals surface area contributed by atoms with Crippen LogP contribution in [-0.2, 0) is 6.42 Å². The summed E-state index contributed by atoms with van der Waals surface area (Å²) < 4.78 is 0.986. The van der Waals surface area contributed by atoms with Crippen LogP contribution in [0.25, 0.3) is 0 Å². The van der Waals surface area contributed by atoms with Crippen LogP contribution in [0.1, 0.15) is 29.2 Å². The molecule has 0 saturated carbocycles. The highest BCUT2D eigenvalue weighted by atomic mass is 79.9. The lowest BCUT2D eigenvalue weighted by Crippen LogP contribution is -2.08. The van der Waals surface area contributed by atoms with E-state index in [0.717, 1.165) is 23.0 Å². The Morgan fingerprint density at radius 2 is 2.05 bits per heavy atom. The molecule has 0 aliphatic heterocycles. The van der Waals surface area contributed by atoms with E-state index in [0.29, 0.717) is 11.6 Å². The molecule has 19 heavy (non-hydrogen) atoms. The van der Waals surface area contributed by atoms with Crippen LogP contribution in [0.15, 0.2) is 46.9 Å². The Hall–Kier alpha value is -1.79. The molecule has 0 fully saturated rings. The van der Waals surface area contributed by atoms with E-state index in [1.807, 2.05) is 18.2 Å². The molecule has 0 aromatic heterocycles. The van der Waals surface area contributed by atoms with Gasteiger partial charge in [-0.25, -0.2) is 0 Å². The maximum atomic E-state index is 9.17. The summed E-state index contributed by atoms with van der Waals surface area (Å²) in [6.45, 7) is 0. The normalized spacial score (nSPS) is 16.7. The van der Waals surface area contributed by atoms with Gasteiger partial charge in [0.25, 0.3) is 0 Å². The molecule has 2 nitrogen and oxygen atoms in total. The van der Waals surface area contributed by atoms with Crippen LogP contribution < -0.4 is 5.32 Å². The summed E-state index contributed by atoms with van der Waals surface area (Å²) in [5.41, 5.74) is 4.35. The van der Waals surface area contributed by atoms with E-state index >= 15 is 0 Å². The van der Waals surface area contributed by atoms with Crippen LogP contribution in [-0.4, -0.2) is 0 Å². The van der Waals surface area contributed by atoms with E-state index in [1.165, 1.54) is 11.1 Å². The minimum atomic E-state index is 0.303. The summed E-state index contributed by atoms with van der Waals surface area (Å²) >= 11 is 3.46. The Morgan fingerprint density at radius 1 is 1.21 bits per heavy atom. The minimum Gasteiger partial charge on any atom is -0.377 e. The number of nitrogens with one attached hydrogen (secondary N) is 1. The van der Waals surface area contributed by atoms with Crippen molar-refractivity contribution in [3.05, 3.63) is 63.6 Å². The maximum absolute atomic E-state index is 9.17. The zero-order chi connectivity index (χ0) is 13.2. The predicted molar refractivity (Wildman–Crippen MR) is 80.0 cm³/mol. The molecule has 0 amide bonds. The third-order valence-electron chi connectivity index (χ3n) is 3.56. The molecule has 0 heterocycles. The Balaban J connectivity index is 1.92. The Labute approximate surface area is 121 Å². The topological polar surface area (TPSA) is 35.8 Å². The van der Waals surface area contributed by atoms with Gasteiger partial charge in [-0.1, -0.05) is 40.2 Å². The van der Waals surface area contributed by atoms with Gasteiger partial charge in [-0.3, -0.25) is 0 Å². The zero-order valence-electron chi connectivity index (χ0n) is 10.4. The van der Waals surface area contributed by atoms with Crippen molar-refractivity contribution >= 4 is 21.6 Å². The number of anilines is 1. The summed E-state index contributed by atoms with van der Waals surface area (Å²) in [5, 5.41) is 12.7. The van der Waals surface area contributed by atoms with Crippen molar-refractivity contribution < 1.29 is 0 Å². The van der Waals surface area contributed by atoms with E-state index in [4.69, 9.17) is 0 Å². The second kappa shape index (κ2) is 5.07. The number of rotatable bonds is 2. The number of fused-ring (bicyclic) bond motifs is 1. The molecule has 1 N–H and O–H groups in total. The summed E-state index contributed by atoms with van der Waals surface area (Å²) in [6, 6.07) is 16.8. The van der Waals surface area contributed by atoms with Gasteiger partial charge in [0.2, 0.25) is 0 Å². The highest BCUT2D eigenvalue weighted by Gasteiger charge is 2.22. The number of hydrogen-bond acceptors (Lipinski definition) is 2. The highest BCUT2D eigenvalue weighted by molar-refractivity contribution is 9.10. The first-order chi connectivity index (χ1) is 9.28. The van der Waals surface area contributed by atoms with Gasteiger partial charge in [-0.2, -0.15) is 5.26 Å². The monoisotopic (exact) mass is 312 g/mol. The fourth-order valence-electron chi connectivity index (χ4n) is 2.63. The average Bonchev–Trinajstić information content (AvgIpc) is 2.83. The molecular formula is C16H13BrN2. The van der Waals surface area contributed by atoms with Crippen molar-refractivity contribution in [2.45, 2.75) is 18.9 Å². The highest BCUT2D eigenvalue weighted by Crippen LogP contribution is 2.35. The number of nitriles is 1. The van der Waals surface area contributed by atoms with Crippen molar-refractivity contribution in [3.63, 3.8) is 0 Å². The lowest BCUT2D eigenvalue weighted by molar-refractivity contribution is 0.761. The molecule has 0 bridgehead atoms. The van der Waals surface area contributed by atoms with Crippen LogP contribution in [0.2, 0.25) is 0 Å². The summed E-state index contributed by atoms with van der Waals surface area (Å²) in [6.07, 6.45) is 2.18. The van der Waals surface area contributed by atoms with Gasteiger partial charge < -0.3 is 5.32 Å². The molecule has 94 valence electrons. The molecule has 1 atom stereocenters. The molecule has 3 rings (SSSR count). The zero-order valence-corrected chi connectivity index (χ0v) is 11.9. The largest absolute Gasteiger partial charge is 0.377 e. The third kappa shape index (κ3) is 2.36. The second-order valence-electron chi connectivity index (χ2n) is 4.74. The first-order valence-corrected chi connectivity index (χ1v) is 7.11. The van der Waals surface area contributed by atoms with Crippen molar-refractivity contribution in [2.75, 3.05) is 5.32 Å². The molecule has 1 aliphatic carbocycles. The van der Waals surface area contributed by atoms with E-state index in [-0.39, 0.29) is 0 Å². The lowest BCUT2D eigenvalue weighted by Gasteiger charge is -2.16. The molecule has 2 aromatic carbocycles. The van der Waals surface area contributed by atoms with Gasteiger partial charge in [0.1, 0.15) is 6.07 Å². The fraction of sp³-hybridized carbons (Fsp3) is 0.188. The molecular weight excluding hydrogens is 300 g/mol. The van der Waals surface area contributed by atoms with Gasteiger partial charge in [0.15, 0.2) is 0 Å². The Bertz CT molecular complexity index is 658. The van der Waals surface area contributed by atoms with Crippen LogP contribution in [0.4, 0.5) is 5.69 Å². The van der Waals surface area contributed by atoms with Crippen LogP contribution >= 0.6 is 15.9 Å². The number of benzene rings is 2. The van der Waals surface area contributed by atoms with E-state index < -0.39 is 0 Å². The number of halogens is 1. The Morgan fingerprint density at radius 3 is 2.89 bits per heavy atom. The van der Waals surface area contributed by atoms with Crippen LogP contribution in [0.3, 0.4) is 0 Å². The Kier molecular flexibility index (Phi) is 3.27. The van der Waals surface area contributed by atoms with Gasteiger partial charge in [-0.15, -0.1) is 0 Å². The summed E-state index contributed by atoms with van der Waals surface area (Å²) in [5.74, 6) is 0. The standard InChI is InChI=1S/C16H13BrN2/c17-13-7-5-12(10-18)16(9-13)19-15-8-6-11-3-1-2-4-14(11)15/h1-5,7,9,15,19H,6,8H2. The average molecular weight is 313 g/mol. The molecule has 1 unspecified atom stereocenters. The molecule has 1 aliphatic rings. The summed E-state index contributed by atoms with van der Waals surface area (Å²) in [7, 11) is 0. The van der Waals surface area contributed by atoms with E-state index in [1.54, 1.807) is 0 Å². The number of nitrogens with zero attached hydrogens (tertiary/aromatic N) is 1. The van der Waals surface area contributed by atoms with E-state index in [2.05, 4.69) is 51.6 Å². The lowest BCUT2D eigenvalue weighted by atomic mass is 10.1. The molecule has 2 aromatic rings. The molecule has 0 saturated heterocycles. The maximum Gasteiger partial charge on any atom is 0.101 e.